The van der Waals surface area contributed by atoms with E-state index in [4.69, 9.17) is 16.3 Å². The van der Waals surface area contributed by atoms with E-state index in [9.17, 15) is 4.79 Å². The second-order valence-electron chi connectivity index (χ2n) is 9.28. The molecule has 5 aliphatic heterocycles. The van der Waals surface area contributed by atoms with Crippen molar-refractivity contribution in [3.05, 3.63) is 65.3 Å². The summed E-state index contributed by atoms with van der Waals surface area (Å²) >= 11 is 6.44. The van der Waals surface area contributed by atoms with Crippen molar-refractivity contribution in [1.29, 1.82) is 0 Å². The Hall–Kier alpha value is -3.40. The lowest BCUT2D eigenvalue weighted by atomic mass is 10.1. The topological polar surface area (TPSA) is 94.7 Å². The summed E-state index contributed by atoms with van der Waals surface area (Å²) in [5.74, 6) is 1.84. The Kier molecular flexibility index (Phi) is 8.35. The zero-order chi connectivity index (χ0) is 25.5. The Morgan fingerprint density at radius 3 is 2.62 bits per heavy atom. The second kappa shape index (κ2) is 12.2. The third kappa shape index (κ3) is 7.31. The summed E-state index contributed by atoms with van der Waals surface area (Å²) in [6.07, 6.45) is 2.93. The zero-order valence-electron chi connectivity index (χ0n) is 20.8. The van der Waals surface area contributed by atoms with E-state index in [1.54, 1.807) is 12.3 Å². The Balaban J connectivity index is 1.32. The molecule has 0 radical (unpaired) electrons. The largest absolute Gasteiger partial charge is 0.492 e. The fourth-order valence-corrected chi connectivity index (χ4v) is 4.70. The van der Waals surface area contributed by atoms with Crippen LogP contribution in [0.15, 0.2) is 54.7 Å². The van der Waals surface area contributed by atoms with Gasteiger partial charge in [-0.05, 0) is 48.4 Å². The van der Waals surface area contributed by atoms with E-state index in [2.05, 4.69) is 53.9 Å². The molecule has 1 amide bonds. The highest BCUT2D eigenvalue weighted by atomic mass is 35.5. The highest BCUT2D eigenvalue weighted by molar-refractivity contribution is 6.32. The maximum atomic E-state index is 12.3. The molecule has 0 spiro atoms. The minimum absolute atomic E-state index is 0.0802. The number of benzene rings is 2. The fourth-order valence-electron chi connectivity index (χ4n) is 4.47. The first-order chi connectivity index (χ1) is 18.1. The number of ether oxygens (including phenoxy) is 1. The van der Waals surface area contributed by atoms with E-state index in [-0.39, 0.29) is 5.91 Å². The number of piperazine rings is 1. The lowest BCUT2D eigenvalue weighted by Crippen LogP contribution is -2.46. The average Bonchev–Trinajstić information content (AvgIpc) is 2.89. The molecule has 0 aliphatic carbocycles. The van der Waals surface area contributed by atoms with Gasteiger partial charge in [-0.15, -0.1) is 0 Å². The minimum atomic E-state index is 0.0802. The number of hydrogen-bond acceptors (Lipinski definition) is 8. The van der Waals surface area contributed by atoms with Crippen LogP contribution in [0.5, 0.6) is 5.75 Å². The number of halogens is 1. The molecule has 1 fully saturated rings. The summed E-state index contributed by atoms with van der Waals surface area (Å²) in [5, 5.41) is 10.1. The number of nitrogens with one attached hydrogen (secondary N) is 3. The van der Waals surface area contributed by atoms with Gasteiger partial charge in [-0.2, -0.15) is 4.98 Å². The number of aromatic nitrogens is 2. The maximum absolute atomic E-state index is 12.3. The molecule has 8 bridgehead atoms. The lowest BCUT2D eigenvalue weighted by molar-refractivity contribution is -0.121. The van der Waals surface area contributed by atoms with Crippen molar-refractivity contribution in [3.8, 4) is 5.75 Å². The number of nitrogens with zero attached hydrogens (tertiary/aromatic N) is 4. The number of carbonyl (C=O) groups excluding carboxylic acids is 1. The lowest BCUT2D eigenvalue weighted by Gasteiger charge is -2.34. The van der Waals surface area contributed by atoms with Crippen LogP contribution in [0, 0.1) is 0 Å². The molecule has 8 rings (SSSR count). The number of carbonyl (C=O) groups is 1. The van der Waals surface area contributed by atoms with Gasteiger partial charge in [0, 0.05) is 69.8 Å². The summed E-state index contributed by atoms with van der Waals surface area (Å²) in [5.41, 5.74) is 2.98. The summed E-state index contributed by atoms with van der Waals surface area (Å²) in [6, 6.07) is 15.7. The molecular formula is C27H32ClN7O2. The molecule has 1 aromatic heterocycles. The van der Waals surface area contributed by atoms with Gasteiger partial charge in [0.1, 0.15) is 11.6 Å². The molecule has 10 heteroatoms. The monoisotopic (exact) mass is 521 g/mol. The Bertz CT molecular complexity index is 1220. The predicted molar refractivity (Wildman–Crippen MR) is 146 cm³/mol. The summed E-state index contributed by atoms with van der Waals surface area (Å²) in [7, 11) is 0. The van der Waals surface area contributed by atoms with Crippen LogP contribution in [0.3, 0.4) is 0 Å². The number of rotatable bonds is 0. The second-order valence-corrected chi connectivity index (χ2v) is 9.69. The molecule has 194 valence electrons. The SMILES string of the molecule is O=C1CCN2CCN(CC2)Cc2cccc(c2)Nc2ccnc(n2)Nc2ccc(c(Cl)c2)OCCCN1. The van der Waals surface area contributed by atoms with E-state index >= 15 is 0 Å². The molecule has 37 heavy (non-hydrogen) atoms. The Labute approximate surface area is 222 Å². The molecule has 0 atom stereocenters. The maximum Gasteiger partial charge on any atom is 0.229 e. The van der Waals surface area contributed by atoms with Crippen LogP contribution in [-0.2, 0) is 11.3 Å². The fraction of sp³-hybridized carbons (Fsp3) is 0.370. The average molecular weight is 522 g/mol. The van der Waals surface area contributed by atoms with Gasteiger partial charge in [0.2, 0.25) is 11.9 Å². The first kappa shape index (κ1) is 25.3. The quantitative estimate of drug-likeness (QED) is 0.408. The van der Waals surface area contributed by atoms with Crippen molar-refractivity contribution in [3.63, 3.8) is 0 Å². The highest BCUT2D eigenvalue weighted by Crippen LogP contribution is 2.29. The van der Waals surface area contributed by atoms with E-state index < -0.39 is 0 Å². The standard InChI is InChI=1S/C27H32ClN7O2/c28-23-18-22-5-6-24(23)37-16-2-9-29-26(36)8-11-34-12-14-35(15-13-34)19-20-3-1-4-21(17-20)31-25-7-10-30-27(32-22)33-25/h1,3-7,10,17-18H,2,8-9,11-16,19H2,(H,29,36)(H2,30,31,32,33). The third-order valence-corrected chi connectivity index (χ3v) is 6.77. The van der Waals surface area contributed by atoms with Crippen LogP contribution in [-0.4, -0.2) is 71.6 Å². The van der Waals surface area contributed by atoms with Gasteiger partial charge in [0.25, 0.3) is 0 Å². The van der Waals surface area contributed by atoms with Gasteiger partial charge in [-0.25, -0.2) is 4.98 Å². The molecule has 2 aromatic carbocycles. The van der Waals surface area contributed by atoms with Crippen LogP contribution < -0.4 is 20.7 Å². The van der Waals surface area contributed by atoms with E-state index in [0.29, 0.717) is 48.5 Å². The molecule has 5 aliphatic rings. The Morgan fingerprint density at radius 2 is 1.76 bits per heavy atom. The number of hydrogen-bond donors (Lipinski definition) is 3. The van der Waals surface area contributed by atoms with Crippen molar-refractivity contribution in [2.75, 3.05) is 56.5 Å². The zero-order valence-corrected chi connectivity index (χ0v) is 21.5. The van der Waals surface area contributed by atoms with Gasteiger partial charge < -0.3 is 25.6 Å². The first-order valence-electron chi connectivity index (χ1n) is 12.7. The molecule has 1 saturated heterocycles. The van der Waals surface area contributed by atoms with E-state index in [1.165, 1.54) is 5.56 Å². The van der Waals surface area contributed by atoms with Crippen LogP contribution >= 0.6 is 11.6 Å². The molecule has 0 saturated carbocycles. The predicted octanol–water partition coefficient (Wildman–Crippen LogP) is 4.02. The number of amides is 1. The van der Waals surface area contributed by atoms with Crippen LogP contribution in [0.25, 0.3) is 0 Å². The minimum Gasteiger partial charge on any atom is -0.492 e. The molecule has 3 aromatic rings. The van der Waals surface area contributed by atoms with Gasteiger partial charge in [0.15, 0.2) is 0 Å². The molecule has 0 unspecified atom stereocenters. The first-order valence-corrected chi connectivity index (χ1v) is 13.1. The van der Waals surface area contributed by atoms with Crippen molar-refractivity contribution >= 4 is 40.6 Å². The van der Waals surface area contributed by atoms with Crippen LogP contribution in [0.4, 0.5) is 23.1 Å². The normalized spacial score (nSPS) is 20.9. The molecule has 6 heterocycles. The van der Waals surface area contributed by atoms with Crippen LogP contribution in [0.1, 0.15) is 18.4 Å². The number of anilines is 4. The summed E-state index contributed by atoms with van der Waals surface area (Å²) in [4.78, 5) is 26.0. The van der Waals surface area contributed by atoms with Gasteiger partial charge in [-0.1, -0.05) is 23.7 Å². The smallest absolute Gasteiger partial charge is 0.229 e. The Morgan fingerprint density at radius 1 is 0.919 bits per heavy atom. The summed E-state index contributed by atoms with van der Waals surface area (Å²) < 4.78 is 5.81. The van der Waals surface area contributed by atoms with Gasteiger partial charge in [-0.3, -0.25) is 9.69 Å². The van der Waals surface area contributed by atoms with Gasteiger partial charge in [0.05, 0.1) is 11.6 Å². The van der Waals surface area contributed by atoms with Crippen molar-refractivity contribution < 1.29 is 9.53 Å². The van der Waals surface area contributed by atoms with E-state index in [0.717, 1.165) is 50.6 Å². The van der Waals surface area contributed by atoms with Crippen molar-refractivity contribution in [2.45, 2.75) is 19.4 Å². The van der Waals surface area contributed by atoms with Crippen LogP contribution in [0.2, 0.25) is 5.02 Å². The third-order valence-electron chi connectivity index (χ3n) is 6.47. The van der Waals surface area contributed by atoms with Crippen molar-refractivity contribution in [1.82, 2.24) is 25.1 Å². The highest BCUT2D eigenvalue weighted by Gasteiger charge is 2.18. The van der Waals surface area contributed by atoms with E-state index in [1.807, 2.05) is 24.3 Å². The molecule has 9 nitrogen and oxygen atoms in total. The molecular weight excluding hydrogens is 490 g/mol. The summed E-state index contributed by atoms with van der Waals surface area (Å²) in [6.45, 7) is 6.62. The molecule has 3 N–H and O–H groups in total. The van der Waals surface area contributed by atoms with Crippen molar-refractivity contribution in [2.24, 2.45) is 0 Å². The van der Waals surface area contributed by atoms with Gasteiger partial charge >= 0.3 is 0 Å².